The molecule has 0 heterocycles. The van der Waals surface area contributed by atoms with Crippen molar-refractivity contribution in [2.45, 2.75) is 31.3 Å². The molecular weight excluding hydrogens is 253 g/mol. The molecule has 0 spiro atoms. The molecule has 0 aromatic heterocycles. The van der Waals surface area contributed by atoms with Crippen LogP contribution >= 0.6 is 11.6 Å². The van der Waals surface area contributed by atoms with Gasteiger partial charge >= 0.3 is 6.18 Å². The Morgan fingerprint density at radius 1 is 1.35 bits per heavy atom. The highest BCUT2D eigenvalue weighted by molar-refractivity contribution is 6.34. The van der Waals surface area contributed by atoms with E-state index in [1.807, 2.05) is 0 Å². The first-order valence-electron chi connectivity index (χ1n) is 4.99. The number of ketones is 1. The molecule has 1 aromatic carbocycles. The summed E-state index contributed by atoms with van der Waals surface area (Å²) in [6.07, 6.45) is -4.30. The molecule has 0 radical (unpaired) electrons. The Balaban J connectivity index is 2.98. The van der Waals surface area contributed by atoms with Crippen molar-refractivity contribution in [2.75, 3.05) is 0 Å². The van der Waals surface area contributed by atoms with Gasteiger partial charge in [-0.25, -0.2) is 0 Å². The zero-order chi connectivity index (χ0) is 13.3. The zero-order valence-electron chi connectivity index (χ0n) is 9.44. The number of hydrogen-bond donors (Lipinski definition) is 0. The summed E-state index contributed by atoms with van der Waals surface area (Å²) in [4.78, 5) is 10.0. The van der Waals surface area contributed by atoms with E-state index >= 15 is 0 Å². The van der Waals surface area contributed by atoms with Crippen LogP contribution in [0.15, 0.2) is 24.3 Å². The van der Waals surface area contributed by atoms with Crippen molar-refractivity contribution >= 4 is 17.4 Å². The van der Waals surface area contributed by atoms with E-state index < -0.39 is 16.6 Å². The van der Waals surface area contributed by atoms with Crippen LogP contribution in [0.5, 0.6) is 0 Å². The van der Waals surface area contributed by atoms with Gasteiger partial charge in [0, 0.05) is 0 Å². The summed E-state index contributed by atoms with van der Waals surface area (Å²) < 4.78 is 37.4. The van der Waals surface area contributed by atoms with Crippen molar-refractivity contribution in [3.05, 3.63) is 35.4 Å². The smallest absolute Gasteiger partial charge is 0.298 e. The third-order valence-corrected chi connectivity index (χ3v) is 2.92. The van der Waals surface area contributed by atoms with Gasteiger partial charge in [0.2, 0.25) is 0 Å². The molecule has 1 nitrogen and oxygen atoms in total. The van der Waals surface area contributed by atoms with Gasteiger partial charge in [0.25, 0.3) is 0 Å². The second-order valence-electron chi connectivity index (χ2n) is 4.13. The van der Waals surface area contributed by atoms with Crippen LogP contribution in [-0.2, 0) is 17.4 Å². The third kappa shape index (κ3) is 3.73. The van der Waals surface area contributed by atoms with Crippen LogP contribution in [0.4, 0.5) is 13.2 Å². The van der Waals surface area contributed by atoms with E-state index in [1.165, 1.54) is 26.0 Å². The lowest BCUT2D eigenvalue weighted by Gasteiger charge is -2.19. The van der Waals surface area contributed by atoms with Crippen molar-refractivity contribution in [1.29, 1.82) is 0 Å². The lowest BCUT2D eigenvalue weighted by Crippen LogP contribution is -2.29. The summed E-state index contributed by atoms with van der Waals surface area (Å²) in [5.74, 6) is -0.267. The van der Waals surface area contributed by atoms with Gasteiger partial charge in [-0.15, -0.1) is 11.6 Å². The van der Waals surface area contributed by atoms with Crippen LogP contribution in [0.25, 0.3) is 0 Å². The summed E-state index contributed by atoms with van der Waals surface area (Å²) in [5, 5.41) is 0. The number of carbonyl (C=O) groups excluding carboxylic acids is 1. The summed E-state index contributed by atoms with van der Waals surface area (Å²) in [6, 6.07) is 4.84. The molecule has 0 saturated heterocycles. The fourth-order valence-corrected chi connectivity index (χ4v) is 1.52. The zero-order valence-corrected chi connectivity index (χ0v) is 10.2. The molecule has 1 unspecified atom stereocenters. The molecule has 94 valence electrons. The van der Waals surface area contributed by atoms with Gasteiger partial charge in [0.05, 0.1) is 5.56 Å². The highest BCUT2D eigenvalue weighted by atomic mass is 35.5. The first kappa shape index (κ1) is 14.0. The summed E-state index contributed by atoms with van der Waals surface area (Å²) in [5.41, 5.74) is -0.335. The maximum absolute atomic E-state index is 12.5. The summed E-state index contributed by atoms with van der Waals surface area (Å²) in [7, 11) is 0. The average Bonchev–Trinajstić information content (AvgIpc) is 2.15. The van der Waals surface area contributed by atoms with Gasteiger partial charge in [-0.05, 0) is 31.9 Å². The lowest BCUT2D eigenvalue weighted by molar-refractivity contribution is -0.137. The number of Topliss-reactive ketones (excluding diaryl/α,β-unsaturated/α-hetero) is 1. The highest BCUT2D eigenvalue weighted by Crippen LogP contribution is 2.31. The van der Waals surface area contributed by atoms with Gasteiger partial charge < -0.3 is 0 Å². The van der Waals surface area contributed by atoms with E-state index in [9.17, 15) is 18.0 Å². The molecule has 0 amide bonds. The van der Waals surface area contributed by atoms with Crippen LogP contribution in [0, 0.1) is 0 Å². The van der Waals surface area contributed by atoms with Crippen molar-refractivity contribution in [2.24, 2.45) is 0 Å². The fraction of sp³-hybridized carbons (Fsp3) is 0.417. The summed E-state index contributed by atoms with van der Waals surface area (Å²) in [6.45, 7) is 2.82. The molecule has 0 fully saturated rings. The summed E-state index contributed by atoms with van der Waals surface area (Å²) >= 11 is 5.94. The number of rotatable bonds is 3. The van der Waals surface area contributed by atoms with Crippen LogP contribution < -0.4 is 0 Å². The quantitative estimate of drug-likeness (QED) is 0.758. The topological polar surface area (TPSA) is 17.1 Å². The number of halogens is 4. The largest absolute Gasteiger partial charge is 0.416 e. The Morgan fingerprint density at radius 3 is 2.41 bits per heavy atom. The molecule has 0 aliphatic carbocycles. The van der Waals surface area contributed by atoms with E-state index in [1.54, 1.807) is 0 Å². The Labute approximate surface area is 103 Å². The standard InChI is InChI=1S/C12H12ClF3O/c1-8(17)11(2,13)7-9-4-3-5-10(6-9)12(14,15)16/h3-6H,7H2,1-2H3. The van der Waals surface area contributed by atoms with Crippen LogP contribution in [0.1, 0.15) is 25.0 Å². The Hall–Kier alpha value is -1.03. The van der Waals surface area contributed by atoms with Crippen LogP contribution in [0.2, 0.25) is 0 Å². The average molecular weight is 265 g/mol. The second-order valence-corrected chi connectivity index (χ2v) is 4.96. The third-order valence-electron chi connectivity index (χ3n) is 2.52. The fourth-order valence-electron chi connectivity index (χ4n) is 1.37. The number of hydrogen-bond acceptors (Lipinski definition) is 1. The number of carbonyl (C=O) groups is 1. The van der Waals surface area contributed by atoms with Crippen molar-refractivity contribution in [3.8, 4) is 0 Å². The second kappa shape index (κ2) is 4.69. The Morgan fingerprint density at radius 2 is 1.94 bits per heavy atom. The normalized spacial score (nSPS) is 15.4. The van der Waals surface area contributed by atoms with E-state index in [0.29, 0.717) is 5.56 Å². The van der Waals surface area contributed by atoms with Gasteiger partial charge in [-0.2, -0.15) is 13.2 Å². The molecule has 0 saturated carbocycles. The molecule has 0 bridgehead atoms. The SMILES string of the molecule is CC(=O)C(C)(Cl)Cc1cccc(C(F)(F)F)c1. The van der Waals surface area contributed by atoms with E-state index in [2.05, 4.69) is 0 Å². The molecule has 1 rings (SSSR count). The van der Waals surface area contributed by atoms with Gasteiger partial charge in [0.1, 0.15) is 4.87 Å². The maximum atomic E-state index is 12.5. The molecular formula is C12H12ClF3O. The molecule has 0 aliphatic heterocycles. The van der Waals surface area contributed by atoms with Gasteiger partial charge in [0.15, 0.2) is 5.78 Å². The maximum Gasteiger partial charge on any atom is 0.416 e. The number of alkyl halides is 4. The minimum absolute atomic E-state index is 0.0772. The van der Waals surface area contributed by atoms with Crippen LogP contribution in [-0.4, -0.2) is 10.7 Å². The van der Waals surface area contributed by atoms with E-state index in [-0.39, 0.29) is 12.2 Å². The molecule has 17 heavy (non-hydrogen) atoms. The van der Waals surface area contributed by atoms with Gasteiger partial charge in [-0.3, -0.25) is 4.79 Å². The van der Waals surface area contributed by atoms with Gasteiger partial charge in [-0.1, -0.05) is 18.2 Å². The molecule has 1 atom stereocenters. The van der Waals surface area contributed by atoms with Crippen LogP contribution in [0.3, 0.4) is 0 Å². The minimum Gasteiger partial charge on any atom is -0.298 e. The molecule has 0 N–H and O–H groups in total. The first-order valence-corrected chi connectivity index (χ1v) is 5.37. The Kier molecular flexibility index (Phi) is 3.87. The lowest BCUT2D eigenvalue weighted by atomic mass is 9.96. The van der Waals surface area contributed by atoms with E-state index in [0.717, 1.165) is 12.1 Å². The molecule has 5 heteroatoms. The van der Waals surface area contributed by atoms with Crippen molar-refractivity contribution < 1.29 is 18.0 Å². The monoisotopic (exact) mass is 264 g/mol. The predicted molar refractivity (Wildman–Crippen MR) is 60.1 cm³/mol. The first-order chi connectivity index (χ1) is 7.63. The van der Waals surface area contributed by atoms with E-state index in [4.69, 9.17) is 11.6 Å². The number of benzene rings is 1. The molecule has 0 aliphatic rings. The van der Waals surface area contributed by atoms with Crippen molar-refractivity contribution in [3.63, 3.8) is 0 Å². The van der Waals surface area contributed by atoms with Crippen molar-refractivity contribution in [1.82, 2.24) is 0 Å². The predicted octanol–water partition coefficient (Wildman–Crippen LogP) is 3.83. The highest BCUT2D eigenvalue weighted by Gasteiger charge is 2.32. The molecule has 1 aromatic rings. The Bertz CT molecular complexity index is 424. The minimum atomic E-state index is -4.38.